The maximum Gasteiger partial charge on any atom is 0.273 e. The van der Waals surface area contributed by atoms with E-state index in [-0.39, 0.29) is 23.2 Å². The Balaban J connectivity index is 2.50. The molecule has 108 valence electrons. The Morgan fingerprint density at radius 1 is 1.47 bits per heavy atom. The van der Waals surface area contributed by atoms with E-state index in [1.165, 1.54) is 0 Å². The summed E-state index contributed by atoms with van der Waals surface area (Å²) in [5, 5.41) is 12.8. The van der Waals surface area contributed by atoms with Crippen molar-refractivity contribution in [3.8, 4) is 0 Å². The highest BCUT2D eigenvalue weighted by atomic mass is 32.2. The lowest BCUT2D eigenvalue weighted by molar-refractivity contribution is 0.0985. The summed E-state index contributed by atoms with van der Waals surface area (Å²) in [4.78, 5) is 0. The topological polar surface area (TPSA) is 100 Å². The molecule has 1 aromatic heterocycles. The van der Waals surface area contributed by atoms with Crippen molar-refractivity contribution in [2.75, 3.05) is 6.61 Å². The van der Waals surface area contributed by atoms with E-state index in [9.17, 15) is 8.42 Å². The summed E-state index contributed by atoms with van der Waals surface area (Å²) in [5.41, 5.74) is 0. The highest BCUT2D eigenvalue weighted by Gasteiger charge is 2.35. The third kappa shape index (κ3) is 2.65. The van der Waals surface area contributed by atoms with Crippen LogP contribution in [0.1, 0.15) is 51.4 Å². The molecule has 2 rings (SSSR count). The molecule has 2 unspecified atom stereocenters. The van der Waals surface area contributed by atoms with Gasteiger partial charge in [-0.25, -0.2) is 13.6 Å². The molecule has 2 atom stereocenters. The molecule has 0 spiro atoms. The van der Waals surface area contributed by atoms with Gasteiger partial charge in [-0.05, 0) is 26.7 Å². The molecule has 8 heteroatoms. The van der Waals surface area contributed by atoms with E-state index in [2.05, 4.69) is 10.2 Å². The van der Waals surface area contributed by atoms with Gasteiger partial charge in [0, 0.05) is 18.6 Å². The lowest BCUT2D eigenvalue weighted by Crippen LogP contribution is -2.23. The molecule has 0 bridgehead atoms. The van der Waals surface area contributed by atoms with E-state index < -0.39 is 10.0 Å². The van der Waals surface area contributed by atoms with Crippen molar-refractivity contribution in [1.29, 1.82) is 0 Å². The quantitative estimate of drug-likeness (QED) is 0.882. The van der Waals surface area contributed by atoms with Crippen LogP contribution in [-0.2, 0) is 14.8 Å². The van der Waals surface area contributed by atoms with Crippen LogP contribution >= 0.6 is 0 Å². The SMILES string of the molecule is CCC1OCCC1c1nnc(S(N)(=O)=O)n1C(C)C. The van der Waals surface area contributed by atoms with Gasteiger partial charge in [0.1, 0.15) is 5.82 Å². The van der Waals surface area contributed by atoms with Gasteiger partial charge in [-0.3, -0.25) is 4.57 Å². The molecule has 0 amide bonds. The van der Waals surface area contributed by atoms with Crippen molar-refractivity contribution in [2.24, 2.45) is 5.14 Å². The number of sulfonamides is 1. The fourth-order valence-corrected chi connectivity index (χ4v) is 3.30. The first-order chi connectivity index (χ1) is 8.86. The number of rotatable bonds is 4. The van der Waals surface area contributed by atoms with Crippen molar-refractivity contribution in [1.82, 2.24) is 14.8 Å². The molecule has 1 saturated heterocycles. The number of primary sulfonamides is 1. The van der Waals surface area contributed by atoms with Crippen LogP contribution in [0.2, 0.25) is 0 Å². The highest BCUT2D eigenvalue weighted by molar-refractivity contribution is 7.89. The Morgan fingerprint density at radius 3 is 2.68 bits per heavy atom. The van der Waals surface area contributed by atoms with Crippen molar-refractivity contribution in [2.45, 2.75) is 56.8 Å². The summed E-state index contributed by atoms with van der Waals surface area (Å²) in [7, 11) is -3.86. The molecule has 1 aliphatic rings. The predicted molar refractivity (Wildman–Crippen MR) is 69.2 cm³/mol. The summed E-state index contributed by atoms with van der Waals surface area (Å²) >= 11 is 0. The van der Waals surface area contributed by atoms with Crippen LogP contribution in [0.4, 0.5) is 0 Å². The van der Waals surface area contributed by atoms with Crippen molar-refractivity contribution < 1.29 is 13.2 Å². The number of hydrogen-bond acceptors (Lipinski definition) is 5. The Kier molecular flexibility index (Phi) is 3.93. The highest BCUT2D eigenvalue weighted by Crippen LogP contribution is 2.34. The van der Waals surface area contributed by atoms with E-state index in [4.69, 9.17) is 9.88 Å². The van der Waals surface area contributed by atoms with Gasteiger partial charge >= 0.3 is 0 Å². The number of hydrogen-bond donors (Lipinski definition) is 1. The maximum absolute atomic E-state index is 11.6. The van der Waals surface area contributed by atoms with Crippen molar-refractivity contribution >= 4 is 10.0 Å². The molecule has 0 saturated carbocycles. The van der Waals surface area contributed by atoms with Gasteiger partial charge in [0.05, 0.1) is 6.10 Å². The molecule has 2 heterocycles. The fraction of sp³-hybridized carbons (Fsp3) is 0.818. The Bertz CT molecular complexity index is 552. The van der Waals surface area contributed by atoms with E-state index in [0.29, 0.717) is 12.4 Å². The Labute approximate surface area is 113 Å². The molecule has 1 aliphatic heterocycles. The van der Waals surface area contributed by atoms with E-state index in [1.54, 1.807) is 4.57 Å². The normalized spacial score (nSPS) is 24.3. The molecule has 1 aromatic rings. The third-order valence-corrected chi connectivity index (χ3v) is 4.19. The second-order valence-electron chi connectivity index (χ2n) is 5.06. The zero-order chi connectivity index (χ0) is 14.2. The summed E-state index contributed by atoms with van der Waals surface area (Å²) < 4.78 is 30.4. The fourth-order valence-electron chi connectivity index (χ4n) is 2.57. The number of nitrogens with two attached hydrogens (primary N) is 1. The lowest BCUT2D eigenvalue weighted by atomic mass is 9.98. The van der Waals surface area contributed by atoms with Crippen LogP contribution in [0.25, 0.3) is 0 Å². The zero-order valence-electron chi connectivity index (χ0n) is 11.4. The molecule has 0 aromatic carbocycles. The molecule has 0 radical (unpaired) electrons. The lowest BCUT2D eigenvalue weighted by Gasteiger charge is -2.19. The van der Waals surface area contributed by atoms with Crippen LogP contribution in [0.3, 0.4) is 0 Å². The minimum absolute atomic E-state index is 0.0648. The molecular formula is C11H20N4O3S. The van der Waals surface area contributed by atoms with Crippen LogP contribution in [-0.4, -0.2) is 35.9 Å². The Morgan fingerprint density at radius 2 is 2.16 bits per heavy atom. The van der Waals surface area contributed by atoms with Gasteiger partial charge in [0.2, 0.25) is 0 Å². The predicted octanol–water partition coefficient (Wildman–Crippen LogP) is 0.789. The van der Waals surface area contributed by atoms with Gasteiger partial charge in [-0.15, -0.1) is 10.2 Å². The minimum Gasteiger partial charge on any atom is -0.377 e. The molecular weight excluding hydrogens is 268 g/mol. The third-order valence-electron chi connectivity index (χ3n) is 3.41. The summed E-state index contributed by atoms with van der Waals surface area (Å²) in [6.45, 7) is 6.48. The van der Waals surface area contributed by atoms with Gasteiger partial charge < -0.3 is 4.74 Å². The van der Waals surface area contributed by atoms with Crippen LogP contribution in [0, 0.1) is 0 Å². The number of aromatic nitrogens is 3. The smallest absolute Gasteiger partial charge is 0.273 e. The van der Waals surface area contributed by atoms with Crippen LogP contribution < -0.4 is 5.14 Å². The average molecular weight is 288 g/mol. The largest absolute Gasteiger partial charge is 0.377 e. The van der Waals surface area contributed by atoms with E-state index in [0.717, 1.165) is 12.8 Å². The van der Waals surface area contributed by atoms with Gasteiger partial charge in [-0.1, -0.05) is 6.92 Å². The first kappa shape index (κ1) is 14.4. The van der Waals surface area contributed by atoms with Gasteiger partial charge in [0.25, 0.3) is 15.2 Å². The summed E-state index contributed by atoms with van der Waals surface area (Å²) in [5.74, 6) is 0.735. The Hall–Kier alpha value is -0.990. The van der Waals surface area contributed by atoms with Crippen molar-refractivity contribution in [3.63, 3.8) is 0 Å². The minimum atomic E-state index is -3.86. The van der Waals surface area contributed by atoms with E-state index in [1.807, 2.05) is 20.8 Å². The number of nitrogens with zero attached hydrogens (tertiary/aromatic N) is 3. The van der Waals surface area contributed by atoms with Crippen LogP contribution in [0.15, 0.2) is 5.16 Å². The average Bonchev–Trinajstić information content (AvgIpc) is 2.93. The maximum atomic E-state index is 11.6. The molecule has 0 aliphatic carbocycles. The van der Waals surface area contributed by atoms with Crippen molar-refractivity contribution in [3.05, 3.63) is 5.82 Å². The summed E-state index contributed by atoms with van der Waals surface area (Å²) in [6, 6.07) is -0.0727. The monoisotopic (exact) mass is 288 g/mol. The first-order valence-corrected chi connectivity index (χ1v) is 8.00. The number of ether oxygens (including phenoxy) is 1. The van der Waals surface area contributed by atoms with Gasteiger partial charge in [0.15, 0.2) is 0 Å². The molecule has 2 N–H and O–H groups in total. The second-order valence-corrected chi connectivity index (χ2v) is 6.52. The standard InChI is InChI=1S/C11H20N4O3S/c1-4-9-8(5-6-18-9)10-13-14-11(19(12,16)17)15(10)7(2)3/h7-9H,4-6H2,1-3H3,(H2,12,16,17). The summed E-state index contributed by atoms with van der Waals surface area (Å²) in [6.07, 6.45) is 1.75. The first-order valence-electron chi connectivity index (χ1n) is 6.45. The molecule has 19 heavy (non-hydrogen) atoms. The molecule has 7 nitrogen and oxygen atoms in total. The van der Waals surface area contributed by atoms with E-state index >= 15 is 0 Å². The zero-order valence-corrected chi connectivity index (χ0v) is 12.2. The second kappa shape index (κ2) is 5.18. The molecule has 1 fully saturated rings. The van der Waals surface area contributed by atoms with Crippen LogP contribution in [0.5, 0.6) is 0 Å². The van der Waals surface area contributed by atoms with Gasteiger partial charge in [-0.2, -0.15) is 0 Å².